The Kier molecular flexibility index (Phi) is 6.40. The van der Waals surface area contributed by atoms with E-state index in [9.17, 15) is 0 Å². The fourth-order valence-corrected chi connectivity index (χ4v) is 1.49. The van der Waals surface area contributed by atoms with Gasteiger partial charge in [-0.25, -0.2) is 0 Å². The molecule has 1 heterocycles. The molecule has 1 rings (SSSR count). The van der Waals surface area contributed by atoms with Gasteiger partial charge in [-0.1, -0.05) is 0 Å². The van der Waals surface area contributed by atoms with Gasteiger partial charge in [-0.15, -0.1) is 11.3 Å². The van der Waals surface area contributed by atoms with E-state index in [1.54, 1.807) is 11.3 Å². The van der Waals surface area contributed by atoms with E-state index in [-0.39, 0.29) is 0 Å². The molecule has 0 aliphatic carbocycles. The summed E-state index contributed by atoms with van der Waals surface area (Å²) in [5.74, 6) is 0.920. The van der Waals surface area contributed by atoms with Crippen molar-refractivity contribution >= 4 is 11.3 Å². The van der Waals surface area contributed by atoms with Gasteiger partial charge in [-0.2, -0.15) is 0 Å². The van der Waals surface area contributed by atoms with Crippen molar-refractivity contribution in [3.8, 4) is 5.75 Å². The Hall–Kier alpha value is -0.580. The maximum absolute atomic E-state index is 5.40. The van der Waals surface area contributed by atoms with Crippen molar-refractivity contribution in [1.82, 2.24) is 0 Å². The fraction of sp³-hybridized carbons (Fsp3) is 0.600. The molecule has 0 radical (unpaired) electrons. The Morgan fingerprint density at radius 1 is 1.14 bits per heavy atom. The third kappa shape index (κ3) is 5.21. The van der Waals surface area contributed by atoms with Crippen LogP contribution in [0.15, 0.2) is 16.8 Å². The molecular weight excluding hydrogens is 200 g/mol. The lowest BCUT2D eigenvalue weighted by Crippen LogP contribution is -2.10. The molecule has 1 aromatic rings. The van der Waals surface area contributed by atoms with Gasteiger partial charge in [-0.05, 0) is 18.4 Å². The Balaban J connectivity index is 1.85. The molecule has 0 unspecified atom stereocenters. The minimum atomic E-state index is 0.600. The highest BCUT2D eigenvalue weighted by atomic mass is 32.1. The molecule has 0 aromatic carbocycles. The summed E-state index contributed by atoms with van der Waals surface area (Å²) >= 11 is 1.63. The predicted octanol–water partition coefficient (Wildman–Crippen LogP) is 2.18. The Labute approximate surface area is 88.6 Å². The molecule has 0 aliphatic rings. The molecule has 0 spiro atoms. The predicted molar refractivity (Wildman–Crippen MR) is 57.1 cm³/mol. The SMILES string of the molecule is CCOCCOCCOc1ccsc1. The molecule has 4 heteroatoms. The second-order valence-corrected chi connectivity index (χ2v) is 3.40. The molecule has 0 saturated carbocycles. The summed E-state index contributed by atoms with van der Waals surface area (Å²) in [6, 6.07) is 1.95. The van der Waals surface area contributed by atoms with E-state index < -0.39 is 0 Å². The quantitative estimate of drug-likeness (QED) is 0.623. The van der Waals surface area contributed by atoms with Crippen LogP contribution in [-0.4, -0.2) is 33.0 Å². The van der Waals surface area contributed by atoms with E-state index in [0.717, 1.165) is 12.4 Å². The van der Waals surface area contributed by atoms with Crippen LogP contribution in [0.25, 0.3) is 0 Å². The smallest absolute Gasteiger partial charge is 0.130 e. The van der Waals surface area contributed by atoms with Gasteiger partial charge in [0.05, 0.1) is 19.8 Å². The van der Waals surface area contributed by atoms with Crippen LogP contribution in [0.3, 0.4) is 0 Å². The first-order valence-electron chi connectivity index (χ1n) is 4.74. The van der Waals surface area contributed by atoms with Crippen molar-refractivity contribution in [3.05, 3.63) is 16.8 Å². The van der Waals surface area contributed by atoms with Crippen LogP contribution in [0.2, 0.25) is 0 Å². The lowest BCUT2D eigenvalue weighted by molar-refractivity contribution is 0.0405. The summed E-state index contributed by atoms with van der Waals surface area (Å²) in [5.41, 5.74) is 0. The molecule has 14 heavy (non-hydrogen) atoms. The van der Waals surface area contributed by atoms with Gasteiger partial charge in [0, 0.05) is 12.0 Å². The second kappa shape index (κ2) is 7.79. The third-order valence-electron chi connectivity index (χ3n) is 1.57. The summed E-state index contributed by atoms with van der Waals surface area (Å²) in [4.78, 5) is 0. The highest BCUT2D eigenvalue weighted by molar-refractivity contribution is 7.08. The van der Waals surface area contributed by atoms with Gasteiger partial charge in [0.1, 0.15) is 12.4 Å². The first kappa shape index (κ1) is 11.5. The molecule has 80 valence electrons. The normalized spacial score (nSPS) is 10.4. The summed E-state index contributed by atoms with van der Waals surface area (Å²) in [6.07, 6.45) is 0. The molecule has 0 atom stereocenters. The Bertz CT molecular complexity index is 211. The van der Waals surface area contributed by atoms with Gasteiger partial charge in [0.25, 0.3) is 0 Å². The highest BCUT2D eigenvalue weighted by Crippen LogP contribution is 2.14. The van der Waals surface area contributed by atoms with Crippen molar-refractivity contribution in [3.63, 3.8) is 0 Å². The van der Waals surface area contributed by atoms with Crippen LogP contribution in [0.5, 0.6) is 5.75 Å². The number of rotatable bonds is 8. The molecule has 3 nitrogen and oxygen atoms in total. The van der Waals surface area contributed by atoms with Crippen LogP contribution in [-0.2, 0) is 9.47 Å². The largest absolute Gasteiger partial charge is 0.490 e. The van der Waals surface area contributed by atoms with E-state index >= 15 is 0 Å². The van der Waals surface area contributed by atoms with E-state index in [2.05, 4.69) is 0 Å². The Morgan fingerprint density at radius 2 is 1.93 bits per heavy atom. The number of thiophene rings is 1. The number of hydrogen-bond acceptors (Lipinski definition) is 4. The van der Waals surface area contributed by atoms with Crippen LogP contribution >= 0.6 is 11.3 Å². The summed E-state index contributed by atoms with van der Waals surface area (Å²) in [5, 5.41) is 3.96. The van der Waals surface area contributed by atoms with Gasteiger partial charge in [0.2, 0.25) is 0 Å². The van der Waals surface area contributed by atoms with Crippen LogP contribution < -0.4 is 4.74 Å². The minimum absolute atomic E-state index is 0.600. The minimum Gasteiger partial charge on any atom is -0.490 e. The third-order valence-corrected chi connectivity index (χ3v) is 2.23. The molecular formula is C10H16O3S. The fourth-order valence-electron chi connectivity index (χ4n) is 0.917. The van der Waals surface area contributed by atoms with Crippen LogP contribution in [0.1, 0.15) is 6.92 Å². The standard InChI is InChI=1S/C10H16O3S/c1-2-11-4-5-12-6-7-13-10-3-8-14-9-10/h3,8-9H,2,4-7H2,1H3. The highest BCUT2D eigenvalue weighted by Gasteiger charge is 1.93. The first-order valence-corrected chi connectivity index (χ1v) is 5.68. The lowest BCUT2D eigenvalue weighted by Gasteiger charge is -2.05. The summed E-state index contributed by atoms with van der Waals surface area (Å²) < 4.78 is 15.8. The zero-order valence-electron chi connectivity index (χ0n) is 8.40. The van der Waals surface area contributed by atoms with E-state index in [1.807, 2.05) is 23.8 Å². The van der Waals surface area contributed by atoms with Crippen molar-refractivity contribution in [2.45, 2.75) is 6.92 Å². The van der Waals surface area contributed by atoms with Gasteiger partial charge in [-0.3, -0.25) is 0 Å². The summed E-state index contributed by atoms with van der Waals surface area (Å²) in [6.45, 7) is 5.23. The molecule has 0 amide bonds. The van der Waals surface area contributed by atoms with Crippen molar-refractivity contribution in [2.75, 3.05) is 33.0 Å². The number of hydrogen-bond donors (Lipinski definition) is 0. The average molecular weight is 216 g/mol. The topological polar surface area (TPSA) is 27.7 Å². The van der Waals surface area contributed by atoms with Crippen molar-refractivity contribution in [2.24, 2.45) is 0 Å². The van der Waals surface area contributed by atoms with Crippen molar-refractivity contribution in [1.29, 1.82) is 0 Å². The Morgan fingerprint density at radius 3 is 2.64 bits per heavy atom. The molecule has 0 bridgehead atoms. The maximum atomic E-state index is 5.40. The van der Waals surface area contributed by atoms with E-state index in [1.165, 1.54) is 0 Å². The lowest BCUT2D eigenvalue weighted by atomic mass is 10.6. The van der Waals surface area contributed by atoms with Crippen LogP contribution in [0.4, 0.5) is 0 Å². The zero-order chi connectivity index (χ0) is 10.1. The van der Waals surface area contributed by atoms with Crippen molar-refractivity contribution < 1.29 is 14.2 Å². The second-order valence-electron chi connectivity index (χ2n) is 2.62. The molecule has 0 aliphatic heterocycles. The molecule has 1 aromatic heterocycles. The van der Waals surface area contributed by atoms with E-state index in [0.29, 0.717) is 26.4 Å². The van der Waals surface area contributed by atoms with Gasteiger partial charge < -0.3 is 14.2 Å². The van der Waals surface area contributed by atoms with Gasteiger partial charge >= 0.3 is 0 Å². The molecule has 0 N–H and O–H groups in total. The zero-order valence-corrected chi connectivity index (χ0v) is 9.22. The monoisotopic (exact) mass is 216 g/mol. The van der Waals surface area contributed by atoms with E-state index in [4.69, 9.17) is 14.2 Å². The van der Waals surface area contributed by atoms with Gasteiger partial charge in [0.15, 0.2) is 0 Å². The maximum Gasteiger partial charge on any atom is 0.130 e. The first-order chi connectivity index (χ1) is 6.93. The molecule has 0 fully saturated rings. The summed E-state index contributed by atoms with van der Waals surface area (Å²) in [7, 11) is 0. The number of ether oxygens (including phenoxy) is 3. The average Bonchev–Trinajstić information content (AvgIpc) is 2.69. The van der Waals surface area contributed by atoms with Crippen LogP contribution in [0, 0.1) is 0 Å². The molecule has 0 saturated heterocycles.